The molecule has 1 fully saturated rings. The molecule has 1 aliphatic heterocycles. The van der Waals surface area contributed by atoms with Crippen molar-refractivity contribution in [2.45, 2.75) is 33.4 Å². The molecule has 0 amide bonds. The van der Waals surface area contributed by atoms with E-state index < -0.39 is 0 Å². The average Bonchev–Trinajstić information content (AvgIpc) is 2.64. The molecule has 1 unspecified atom stereocenters. The van der Waals surface area contributed by atoms with Gasteiger partial charge < -0.3 is 20.1 Å². The Hall–Kier alpha value is -1.06. The number of hydrogen-bond acceptors (Lipinski definition) is 4. The number of rotatable bonds is 7. The first-order chi connectivity index (χ1) is 12.1. The van der Waals surface area contributed by atoms with E-state index in [2.05, 4.69) is 48.4 Å². The number of morpholine rings is 1. The quantitative estimate of drug-likeness (QED) is 0.360. The Morgan fingerprint density at radius 1 is 1.31 bits per heavy atom. The Morgan fingerprint density at radius 3 is 2.65 bits per heavy atom. The minimum absolute atomic E-state index is 0. The SMILES string of the molecule is CCNC(=NCc1ccc(OC)c(C)c1)NCC(C)N1CCOCC1.I. The van der Waals surface area contributed by atoms with E-state index in [0.29, 0.717) is 12.6 Å². The number of halogens is 1. The molecule has 7 heteroatoms. The lowest BCUT2D eigenvalue weighted by atomic mass is 10.1. The molecule has 1 aromatic rings. The zero-order chi connectivity index (χ0) is 18.1. The Kier molecular flexibility index (Phi) is 10.9. The van der Waals surface area contributed by atoms with Gasteiger partial charge in [-0.1, -0.05) is 12.1 Å². The lowest BCUT2D eigenvalue weighted by molar-refractivity contribution is 0.0211. The molecule has 0 aromatic heterocycles. The van der Waals surface area contributed by atoms with Crippen molar-refractivity contribution in [3.8, 4) is 5.75 Å². The molecule has 26 heavy (non-hydrogen) atoms. The van der Waals surface area contributed by atoms with E-state index in [4.69, 9.17) is 14.5 Å². The molecule has 0 saturated carbocycles. The average molecular weight is 476 g/mol. The van der Waals surface area contributed by atoms with Crippen molar-refractivity contribution in [1.82, 2.24) is 15.5 Å². The molecule has 1 heterocycles. The zero-order valence-corrected chi connectivity index (χ0v) is 18.7. The molecular formula is C19H33IN4O2. The maximum absolute atomic E-state index is 5.42. The van der Waals surface area contributed by atoms with Crippen molar-refractivity contribution in [3.63, 3.8) is 0 Å². The van der Waals surface area contributed by atoms with E-state index >= 15 is 0 Å². The van der Waals surface area contributed by atoms with Crippen LogP contribution in [0, 0.1) is 6.92 Å². The first kappa shape index (κ1) is 23.0. The third-order valence-electron chi connectivity index (χ3n) is 4.46. The van der Waals surface area contributed by atoms with Gasteiger partial charge in [0, 0.05) is 32.2 Å². The number of hydrogen-bond donors (Lipinski definition) is 2. The van der Waals surface area contributed by atoms with E-state index in [9.17, 15) is 0 Å². The van der Waals surface area contributed by atoms with Crippen LogP contribution in [-0.2, 0) is 11.3 Å². The summed E-state index contributed by atoms with van der Waals surface area (Å²) in [6.45, 7) is 12.4. The molecule has 0 radical (unpaired) electrons. The molecule has 1 aliphatic rings. The van der Waals surface area contributed by atoms with Crippen LogP contribution >= 0.6 is 24.0 Å². The van der Waals surface area contributed by atoms with Crippen molar-refractivity contribution in [2.75, 3.05) is 46.5 Å². The predicted molar refractivity (Wildman–Crippen MR) is 118 cm³/mol. The Balaban J connectivity index is 0.00000338. The Morgan fingerprint density at radius 2 is 2.04 bits per heavy atom. The Bertz CT molecular complexity index is 562. The van der Waals surface area contributed by atoms with Crippen LogP contribution in [0.15, 0.2) is 23.2 Å². The molecule has 1 saturated heterocycles. The van der Waals surface area contributed by atoms with Crippen molar-refractivity contribution in [2.24, 2.45) is 4.99 Å². The summed E-state index contributed by atoms with van der Waals surface area (Å²) >= 11 is 0. The van der Waals surface area contributed by atoms with Gasteiger partial charge in [-0.25, -0.2) is 4.99 Å². The second kappa shape index (κ2) is 12.3. The van der Waals surface area contributed by atoms with Gasteiger partial charge in [0.15, 0.2) is 5.96 Å². The summed E-state index contributed by atoms with van der Waals surface area (Å²) in [6, 6.07) is 6.65. The summed E-state index contributed by atoms with van der Waals surface area (Å²) in [5.41, 5.74) is 2.31. The van der Waals surface area contributed by atoms with Crippen LogP contribution in [0.1, 0.15) is 25.0 Å². The molecule has 6 nitrogen and oxygen atoms in total. The van der Waals surface area contributed by atoms with Crippen LogP contribution in [0.3, 0.4) is 0 Å². The number of methoxy groups -OCH3 is 1. The topological polar surface area (TPSA) is 58.1 Å². The number of ether oxygens (including phenoxy) is 2. The fraction of sp³-hybridized carbons (Fsp3) is 0.632. The largest absolute Gasteiger partial charge is 0.496 e. The van der Waals surface area contributed by atoms with Crippen molar-refractivity contribution in [1.29, 1.82) is 0 Å². The smallest absolute Gasteiger partial charge is 0.191 e. The van der Waals surface area contributed by atoms with E-state index in [0.717, 1.165) is 56.7 Å². The molecule has 2 N–H and O–H groups in total. The highest BCUT2D eigenvalue weighted by atomic mass is 127. The van der Waals surface area contributed by atoms with Crippen molar-refractivity contribution < 1.29 is 9.47 Å². The molecule has 2 rings (SSSR count). The fourth-order valence-electron chi connectivity index (χ4n) is 2.94. The molecule has 0 spiro atoms. The maximum Gasteiger partial charge on any atom is 0.191 e. The predicted octanol–water partition coefficient (Wildman–Crippen LogP) is 2.40. The Labute approximate surface area is 174 Å². The monoisotopic (exact) mass is 476 g/mol. The number of guanidine groups is 1. The number of aliphatic imine (C=N–C) groups is 1. The summed E-state index contributed by atoms with van der Waals surface area (Å²) < 4.78 is 10.7. The van der Waals surface area contributed by atoms with Gasteiger partial charge in [-0.3, -0.25) is 4.90 Å². The van der Waals surface area contributed by atoms with E-state index in [1.165, 1.54) is 5.56 Å². The van der Waals surface area contributed by atoms with Crippen LogP contribution in [0.2, 0.25) is 0 Å². The highest BCUT2D eigenvalue weighted by Crippen LogP contribution is 2.18. The third kappa shape index (κ3) is 7.28. The summed E-state index contributed by atoms with van der Waals surface area (Å²) in [5, 5.41) is 6.78. The van der Waals surface area contributed by atoms with Gasteiger partial charge in [0.2, 0.25) is 0 Å². The van der Waals surface area contributed by atoms with Gasteiger partial charge in [-0.15, -0.1) is 24.0 Å². The lowest BCUT2D eigenvalue weighted by Gasteiger charge is -2.32. The van der Waals surface area contributed by atoms with Gasteiger partial charge in [0.1, 0.15) is 5.75 Å². The normalized spacial score (nSPS) is 16.5. The van der Waals surface area contributed by atoms with Crippen LogP contribution in [0.4, 0.5) is 0 Å². The fourth-order valence-corrected chi connectivity index (χ4v) is 2.94. The molecule has 1 aromatic carbocycles. The molecule has 148 valence electrons. The maximum atomic E-state index is 5.42. The summed E-state index contributed by atoms with van der Waals surface area (Å²) in [7, 11) is 1.70. The number of benzene rings is 1. The summed E-state index contributed by atoms with van der Waals surface area (Å²) in [4.78, 5) is 7.16. The van der Waals surface area contributed by atoms with Gasteiger partial charge >= 0.3 is 0 Å². The second-order valence-electron chi connectivity index (χ2n) is 6.38. The molecule has 1 atom stereocenters. The van der Waals surface area contributed by atoms with Gasteiger partial charge in [-0.05, 0) is 38.0 Å². The minimum atomic E-state index is 0. The lowest BCUT2D eigenvalue weighted by Crippen LogP contribution is -2.49. The van der Waals surface area contributed by atoms with Crippen molar-refractivity contribution in [3.05, 3.63) is 29.3 Å². The first-order valence-electron chi connectivity index (χ1n) is 9.11. The number of aryl methyl sites for hydroxylation is 1. The van der Waals surface area contributed by atoms with Gasteiger partial charge in [0.05, 0.1) is 26.9 Å². The van der Waals surface area contributed by atoms with Crippen LogP contribution in [0.25, 0.3) is 0 Å². The minimum Gasteiger partial charge on any atom is -0.496 e. The van der Waals surface area contributed by atoms with Gasteiger partial charge in [-0.2, -0.15) is 0 Å². The van der Waals surface area contributed by atoms with Crippen LogP contribution in [-0.4, -0.2) is 63.4 Å². The van der Waals surface area contributed by atoms with E-state index in [-0.39, 0.29) is 24.0 Å². The summed E-state index contributed by atoms with van der Waals surface area (Å²) in [5.74, 6) is 1.77. The molecule has 0 bridgehead atoms. The highest BCUT2D eigenvalue weighted by Gasteiger charge is 2.16. The van der Waals surface area contributed by atoms with Crippen molar-refractivity contribution >= 4 is 29.9 Å². The van der Waals surface area contributed by atoms with E-state index in [1.54, 1.807) is 7.11 Å². The van der Waals surface area contributed by atoms with Crippen LogP contribution < -0.4 is 15.4 Å². The highest BCUT2D eigenvalue weighted by molar-refractivity contribution is 14.0. The second-order valence-corrected chi connectivity index (χ2v) is 6.38. The summed E-state index contributed by atoms with van der Waals surface area (Å²) in [6.07, 6.45) is 0. The van der Waals surface area contributed by atoms with Crippen LogP contribution in [0.5, 0.6) is 5.75 Å². The number of nitrogens with zero attached hydrogens (tertiary/aromatic N) is 2. The van der Waals surface area contributed by atoms with Gasteiger partial charge in [0.25, 0.3) is 0 Å². The van der Waals surface area contributed by atoms with E-state index in [1.807, 2.05) is 6.07 Å². The first-order valence-corrected chi connectivity index (χ1v) is 9.11. The standard InChI is InChI=1S/C19H32N4O2.HI/c1-5-20-19(21-13-16(3)23-8-10-25-11-9-23)22-14-17-6-7-18(24-4)15(2)12-17;/h6-7,12,16H,5,8-11,13-14H2,1-4H3,(H2,20,21,22);1H. The molecule has 0 aliphatic carbocycles. The number of nitrogens with one attached hydrogen (secondary N) is 2. The molecular weight excluding hydrogens is 443 g/mol. The third-order valence-corrected chi connectivity index (χ3v) is 4.46. The zero-order valence-electron chi connectivity index (χ0n) is 16.4.